The Bertz CT molecular complexity index is 379. The van der Waals surface area contributed by atoms with Crippen LogP contribution in [0.2, 0.25) is 0 Å². The summed E-state index contributed by atoms with van der Waals surface area (Å²) in [6, 6.07) is -0.224. The number of ether oxygens (including phenoxy) is 1. The highest BCUT2D eigenvalue weighted by atomic mass is 16.5. The molecule has 102 valence electrons. The van der Waals surface area contributed by atoms with Gasteiger partial charge in [-0.1, -0.05) is 0 Å². The van der Waals surface area contributed by atoms with E-state index in [1.807, 2.05) is 25.9 Å². The van der Waals surface area contributed by atoms with E-state index in [0.29, 0.717) is 19.7 Å². The average Bonchev–Trinajstić information content (AvgIpc) is 2.74. The van der Waals surface area contributed by atoms with Gasteiger partial charge in [-0.05, 0) is 14.0 Å². The van der Waals surface area contributed by atoms with Gasteiger partial charge in [0.05, 0.1) is 19.2 Å². The van der Waals surface area contributed by atoms with Crippen LogP contribution in [0.5, 0.6) is 0 Å². The van der Waals surface area contributed by atoms with Crippen molar-refractivity contribution in [3.8, 4) is 0 Å². The molecule has 7 nitrogen and oxygen atoms in total. The predicted octanol–water partition coefficient (Wildman–Crippen LogP) is -0.602. The van der Waals surface area contributed by atoms with Crippen molar-refractivity contribution in [2.45, 2.75) is 19.5 Å². The molecule has 1 heterocycles. The average molecular weight is 255 g/mol. The Morgan fingerprint density at radius 3 is 2.94 bits per heavy atom. The molecule has 0 unspecified atom stereocenters. The summed E-state index contributed by atoms with van der Waals surface area (Å²) in [6.45, 7) is 3.48. The molecule has 7 heteroatoms. The molecular formula is C11H21N5O2. The lowest BCUT2D eigenvalue weighted by atomic mass is 10.2. The molecule has 0 spiro atoms. The molecule has 1 atom stereocenters. The van der Waals surface area contributed by atoms with E-state index in [1.54, 1.807) is 11.8 Å². The largest absolute Gasteiger partial charge is 0.383 e. The Kier molecular flexibility index (Phi) is 5.73. The highest BCUT2D eigenvalue weighted by Crippen LogP contribution is 2.02. The zero-order valence-electron chi connectivity index (χ0n) is 11.4. The number of hydrogen-bond donors (Lipinski definition) is 1. The first kappa shape index (κ1) is 14.6. The van der Waals surface area contributed by atoms with E-state index in [-0.39, 0.29) is 11.9 Å². The molecule has 18 heavy (non-hydrogen) atoms. The monoisotopic (exact) mass is 255 g/mol. The number of amides is 1. The Hall–Kier alpha value is -1.47. The Morgan fingerprint density at radius 1 is 1.67 bits per heavy atom. The van der Waals surface area contributed by atoms with Gasteiger partial charge < -0.3 is 10.1 Å². The van der Waals surface area contributed by atoms with Gasteiger partial charge in [-0.2, -0.15) is 5.10 Å². The summed E-state index contributed by atoms with van der Waals surface area (Å²) in [5.74, 6) is 0.811. The van der Waals surface area contributed by atoms with Crippen LogP contribution in [-0.4, -0.2) is 58.9 Å². The molecule has 0 saturated heterocycles. The maximum absolute atomic E-state index is 11.8. The number of nitrogens with one attached hydrogen (secondary N) is 1. The van der Waals surface area contributed by atoms with E-state index < -0.39 is 0 Å². The highest BCUT2D eigenvalue weighted by molar-refractivity contribution is 5.81. The zero-order chi connectivity index (χ0) is 13.5. The van der Waals surface area contributed by atoms with E-state index in [2.05, 4.69) is 15.4 Å². The van der Waals surface area contributed by atoms with Gasteiger partial charge in [0.2, 0.25) is 5.91 Å². The van der Waals surface area contributed by atoms with Gasteiger partial charge in [0, 0.05) is 20.7 Å². The van der Waals surface area contributed by atoms with E-state index in [4.69, 9.17) is 4.74 Å². The van der Waals surface area contributed by atoms with Crippen molar-refractivity contribution in [3.05, 3.63) is 12.2 Å². The summed E-state index contributed by atoms with van der Waals surface area (Å²) in [5.41, 5.74) is 0. The lowest BCUT2D eigenvalue weighted by Gasteiger charge is -2.23. The van der Waals surface area contributed by atoms with E-state index in [0.717, 1.165) is 5.82 Å². The topological polar surface area (TPSA) is 72.3 Å². The minimum Gasteiger partial charge on any atom is -0.383 e. The number of carbonyl (C=O) groups excluding carboxylic acids is 1. The molecule has 0 fully saturated rings. The van der Waals surface area contributed by atoms with Gasteiger partial charge in [-0.25, -0.2) is 4.98 Å². The summed E-state index contributed by atoms with van der Waals surface area (Å²) in [4.78, 5) is 17.9. The molecule has 0 bridgehead atoms. The second-order valence-electron chi connectivity index (χ2n) is 4.17. The van der Waals surface area contributed by atoms with Crippen LogP contribution in [0.4, 0.5) is 0 Å². The number of aromatic nitrogens is 3. The SMILES string of the molecule is COCCNC(=O)[C@H](C)N(C)Cc1ncnn1C. The molecule has 0 aliphatic heterocycles. The van der Waals surface area contributed by atoms with Gasteiger partial charge in [-0.3, -0.25) is 14.4 Å². The number of hydrogen-bond acceptors (Lipinski definition) is 5. The minimum atomic E-state index is -0.224. The minimum absolute atomic E-state index is 0.0169. The lowest BCUT2D eigenvalue weighted by molar-refractivity contribution is -0.125. The molecule has 0 radical (unpaired) electrons. The summed E-state index contributed by atoms with van der Waals surface area (Å²) >= 11 is 0. The summed E-state index contributed by atoms with van der Waals surface area (Å²) < 4.78 is 6.58. The summed E-state index contributed by atoms with van der Waals surface area (Å²) in [7, 11) is 5.32. The van der Waals surface area contributed by atoms with Crippen molar-refractivity contribution in [2.75, 3.05) is 27.3 Å². The van der Waals surface area contributed by atoms with Gasteiger partial charge >= 0.3 is 0 Å². The number of aryl methyl sites for hydroxylation is 1. The van der Waals surface area contributed by atoms with E-state index in [9.17, 15) is 4.79 Å². The molecule has 0 aromatic carbocycles. The van der Waals surface area contributed by atoms with Crippen molar-refractivity contribution < 1.29 is 9.53 Å². The van der Waals surface area contributed by atoms with Crippen molar-refractivity contribution in [3.63, 3.8) is 0 Å². The molecule has 0 aliphatic carbocycles. The number of nitrogens with zero attached hydrogens (tertiary/aromatic N) is 4. The van der Waals surface area contributed by atoms with Crippen LogP contribution >= 0.6 is 0 Å². The van der Waals surface area contributed by atoms with E-state index in [1.165, 1.54) is 6.33 Å². The van der Waals surface area contributed by atoms with E-state index >= 15 is 0 Å². The number of likely N-dealkylation sites (N-methyl/N-ethyl adjacent to an activating group) is 1. The quantitative estimate of drug-likeness (QED) is 0.659. The fourth-order valence-electron chi connectivity index (χ4n) is 1.45. The molecular weight excluding hydrogens is 234 g/mol. The van der Waals surface area contributed by atoms with Gasteiger partial charge in [0.1, 0.15) is 12.2 Å². The normalized spacial score (nSPS) is 12.7. The van der Waals surface area contributed by atoms with Crippen molar-refractivity contribution >= 4 is 5.91 Å². The van der Waals surface area contributed by atoms with Crippen LogP contribution in [0.3, 0.4) is 0 Å². The molecule has 1 aromatic heterocycles. The fourth-order valence-corrected chi connectivity index (χ4v) is 1.45. The number of carbonyl (C=O) groups is 1. The molecule has 1 rings (SSSR count). The molecule has 1 aromatic rings. The second kappa shape index (κ2) is 7.07. The van der Waals surface area contributed by atoms with Gasteiger partial charge in [-0.15, -0.1) is 0 Å². The van der Waals surface area contributed by atoms with Crippen LogP contribution in [0.25, 0.3) is 0 Å². The predicted molar refractivity (Wildman–Crippen MR) is 66.8 cm³/mol. The summed E-state index contributed by atoms with van der Waals surface area (Å²) in [5, 5.41) is 6.81. The van der Waals surface area contributed by atoms with Crippen LogP contribution in [0.1, 0.15) is 12.7 Å². The Labute approximate surface area is 107 Å². The van der Waals surface area contributed by atoms with Crippen LogP contribution < -0.4 is 5.32 Å². The molecule has 0 aliphatic rings. The van der Waals surface area contributed by atoms with Crippen LogP contribution in [0.15, 0.2) is 6.33 Å². The van der Waals surface area contributed by atoms with Crippen molar-refractivity contribution in [1.29, 1.82) is 0 Å². The number of rotatable bonds is 7. The molecule has 1 N–H and O–H groups in total. The van der Waals surface area contributed by atoms with Crippen molar-refractivity contribution in [2.24, 2.45) is 7.05 Å². The smallest absolute Gasteiger partial charge is 0.237 e. The maximum atomic E-state index is 11.8. The second-order valence-corrected chi connectivity index (χ2v) is 4.17. The van der Waals surface area contributed by atoms with Gasteiger partial charge in [0.25, 0.3) is 0 Å². The third kappa shape index (κ3) is 4.08. The zero-order valence-corrected chi connectivity index (χ0v) is 11.4. The van der Waals surface area contributed by atoms with Gasteiger partial charge in [0.15, 0.2) is 0 Å². The first-order valence-corrected chi connectivity index (χ1v) is 5.86. The standard InChI is InChI=1S/C11H21N5O2/c1-9(11(17)12-5-6-18-4)15(2)7-10-13-8-14-16(10)3/h8-9H,5-7H2,1-4H3,(H,12,17)/t9-/m0/s1. The molecule has 1 amide bonds. The molecule has 0 saturated carbocycles. The highest BCUT2D eigenvalue weighted by Gasteiger charge is 2.18. The Balaban J connectivity index is 2.43. The first-order valence-electron chi connectivity index (χ1n) is 5.86. The first-order chi connectivity index (χ1) is 8.56. The van der Waals surface area contributed by atoms with Crippen molar-refractivity contribution in [1.82, 2.24) is 25.0 Å². The summed E-state index contributed by atoms with van der Waals surface area (Å²) in [6.07, 6.45) is 1.51. The third-order valence-corrected chi connectivity index (χ3v) is 2.84. The fraction of sp³-hybridized carbons (Fsp3) is 0.727. The van der Waals surface area contributed by atoms with Crippen LogP contribution in [-0.2, 0) is 23.1 Å². The third-order valence-electron chi connectivity index (χ3n) is 2.84. The van der Waals surface area contributed by atoms with Crippen LogP contribution in [0, 0.1) is 0 Å². The Morgan fingerprint density at radius 2 is 2.39 bits per heavy atom. The lowest BCUT2D eigenvalue weighted by Crippen LogP contribution is -2.44. The number of methoxy groups -OCH3 is 1. The maximum Gasteiger partial charge on any atom is 0.237 e.